The molecule has 0 aromatic carbocycles. The Hall–Kier alpha value is -0.0800. The van der Waals surface area contributed by atoms with Crippen molar-refractivity contribution in [3.05, 3.63) is 0 Å². The smallest absolute Gasteiger partial charge is 0.0242 e. The first-order chi connectivity index (χ1) is 9.90. The number of rotatable bonds is 8. The van der Waals surface area contributed by atoms with Crippen LogP contribution in [0.25, 0.3) is 0 Å². The second-order valence-corrected chi connectivity index (χ2v) is 7.95. The fourth-order valence-corrected chi connectivity index (χ4v) is 4.31. The normalized spacial score (nSPS) is 28.6. The molecule has 0 bridgehead atoms. The zero-order valence-electron chi connectivity index (χ0n) is 15.7. The van der Waals surface area contributed by atoms with Gasteiger partial charge in [0, 0.05) is 18.6 Å². The van der Waals surface area contributed by atoms with Crippen molar-refractivity contribution in [2.45, 2.75) is 78.8 Å². The van der Waals surface area contributed by atoms with Crippen molar-refractivity contribution in [3.8, 4) is 0 Å². The lowest BCUT2D eigenvalue weighted by Gasteiger charge is -2.40. The summed E-state index contributed by atoms with van der Waals surface area (Å²) in [6, 6.07) is 1.40. The standard InChI is InChI=1S/C19H40N2/c1-8-16(9-2)19(21(6)7)13-20-18-12-15(5)10-11-17(18)14(3)4/h14-20H,8-13H2,1-7H3. The number of hydrogen-bond acceptors (Lipinski definition) is 2. The molecule has 4 unspecified atom stereocenters. The minimum absolute atomic E-state index is 0.671. The zero-order chi connectivity index (χ0) is 16.0. The molecule has 1 fully saturated rings. The fraction of sp³-hybridized carbons (Fsp3) is 1.00. The Bertz CT molecular complexity index is 271. The van der Waals surface area contributed by atoms with Crippen LogP contribution in [0.1, 0.15) is 66.7 Å². The second kappa shape index (κ2) is 9.15. The number of hydrogen-bond donors (Lipinski definition) is 1. The van der Waals surface area contributed by atoms with Gasteiger partial charge in [-0.2, -0.15) is 0 Å². The van der Waals surface area contributed by atoms with Crippen molar-refractivity contribution in [2.75, 3.05) is 20.6 Å². The van der Waals surface area contributed by atoms with Gasteiger partial charge in [-0.25, -0.2) is 0 Å². The molecule has 0 saturated heterocycles. The molecular weight excluding hydrogens is 256 g/mol. The highest BCUT2D eigenvalue weighted by atomic mass is 15.1. The Morgan fingerprint density at radius 3 is 2.19 bits per heavy atom. The fourth-order valence-electron chi connectivity index (χ4n) is 4.31. The molecule has 2 nitrogen and oxygen atoms in total. The van der Waals surface area contributed by atoms with E-state index in [2.05, 4.69) is 58.9 Å². The summed E-state index contributed by atoms with van der Waals surface area (Å²) in [7, 11) is 4.49. The maximum Gasteiger partial charge on any atom is 0.0242 e. The first-order valence-corrected chi connectivity index (χ1v) is 9.30. The Labute approximate surface area is 134 Å². The molecular formula is C19H40N2. The van der Waals surface area contributed by atoms with Gasteiger partial charge in [0.1, 0.15) is 0 Å². The van der Waals surface area contributed by atoms with Crippen molar-refractivity contribution in [1.82, 2.24) is 10.2 Å². The third-order valence-corrected chi connectivity index (χ3v) is 5.87. The van der Waals surface area contributed by atoms with Crippen molar-refractivity contribution in [1.29, 1.82) is 0 Å². The second-order valence-electron chi connectivity index (χ2n) is 7.95. The molecule has 1 aliphatic carbocycles. The number of nitrogens with one attached hydrogen (secondary N) is 1. The van der Waals surface area contributed by atoms with Gasteiger partial charge < -0.3 is 10.2 Å². The molecule has 1 saturated carbocycles. The van der Waals surface area contributed by atoms with E-state index in [-0.39, 0.29) is 0 Å². The highest BCUT2D eigenvalue weighted by Crippen LogP contribution is 2.33. The molecule has 2 heteroatoms. The molecule has 0 spiro atoms. The lowest BCUT2D eigenvalue weighted by Crippen LogP contribution is -2.50. The number of likely N-dealkylation sites (N-methyl/N-ethyl adjacent to an activating group) is 1. The monoisotopic (exact) mass is 296 g/mol. The lowest BCUT2D eigenvalue weighted by molar-refractivity contribution is 0.140. The molecule has 126 valence electrons. The van der Waals surface area contributed by atoms with E-state index in [9.17, 15) is 0 Å². The topological polar surface area (TPSA) is 15.3 Å². The zero-order valence-corrected chi connectivity index (χ0v) is 15.7. The van der Waals surface area contributed by atoms with Crippen LogP contribution in [-0.4, -0.2) is 37.6 Å². The molecule has 0 radical (unpaired) electrons. The molecule has 0 aromatic heterocycles. The van der Waals surface area contributed by atoms with Crippen LogP contribution < -0.4 is 5.32 Å². The van der Waals surface area contributed by atoms with Crippen LogP contribution in [-0.2, 0) is 0 Å². The van der Waals surface area contributed by atoms with Crippen molar-refractivity contribution in [3.63, 3.8) is 0 Å². The van der Waals surface area contributed by atoms with Gasteiger partial charge in [0.25, 0.3) is 0 Å². The Balaban J connectivity index is 2.63. The molecule has 0 aliphatic heterocycles. The maximum absolute atomic E-state index is 3.97. The van der Waals surface area contributed by atoms with Crippen LogP contribution in [0.15, 0.2) is 0 Å². The summed E-state index contributed by atoms with van der Waals surface area (Å²) in [5, 5.41) is 3.97. The summed E-state index contributed by atoms with van der Waals surface area (Å²) >= 11 is 0. The van der Waals surface area contributed by atoms with Crippen LogP contribution in [0.3, 0.4) is 0 Å². The van der Waals surface area contributed by atoms with Gasteiger partial charge in [-0.3, -0.25) is 0 Å². The van der Waals surface area contributed by atoms with Crippen LogP contribution in [0, 0.1) is 23.7 Å². The first kappa shape index (κ1) is 19.0. The molecule has 4 atom stereocenters. The van der Waals surface area contributed by atoms with E-state index >= 15 is 0 Å². The summed E-state index contributed by atoms with van der Waals surface area (Å²) in [5.74, 6) is 3.38. The lowest BCUT2D eigenvalue weighted by atomic mass is 9.74. The number of nitrogens with zero attached hydrogens (tertiary/aromatic N) is 1. The largest absolute Gasteiger partial charge is 0.312 e. The summed E-state index contributed by atoms with van der Waals surface area (Å²) in [5.41, 5.74) is 0. The predicted octanol–water partition coefficient (Wildman–Crippen LogP) is 4.40. The highest BCUT2D eigenvalue weighted by Gasteiger charge is 2.31. The van der Waals surface area contributed by atoms with E-state index < -0.39 is 0 Å². The van der Waals surface area contributed by atoms with Crippen molar-refractivity contribution in [2.24, 2.45) is 23.7 Å². The van der Waals surface area contributed by atoms with Crippen molar-refractivity contribution < 1.29 is 0 Å². The summed E-state index contributed by atoms with van der Waals surface area (Å²) in [4.78, 5) is 2.43. The first-order valence-electron chi connectivity index (χ1n) is 9.30. The van der Waals surface area contributed by atoms with Crippen LogP contribution >= 0.6 is 0 Å². The minimum Gasteiger partial charge on any atom is -0.312 e. The summed E-state index contributed by atoms with van der Waals surface area (Å²) in [6.45, 7) is 13.1. The third kappa shape index (κ3) is 5.56. The Morgan fingerprint density at radius 1 is 1.10 bits per heavy atom. The molecule has 0 amide bonds. The van der Waals surface area contributed by atoms with Gasteiger partial charge in [0.2, 0.25) is 0 Å². The van der Waals surface area contributed by atoms with E-state index in [4.69, 9.17) is 0 Å². The van der Waals surface area contributed by atoms with E-state index in [0.29, 0.717) is 6.04 Å². The third-order valence-electron chi connectivity index (χ3n) is 5.87. The van der Waals surface area contributed by atoms with E-state index in [1.54, 1.807) is 0 Å². The van der Waals surface area contributed by atoms with Crippen LogP contribution in [0.2, 0.25) is 0 Å². The predicted molar refractivity (Wildman–Crippen MR) is 94.7 cm³/mol. The molecule has 1 N–H and O–H groups in total. The summed E-state index contributed by atoms with van der Waals surface area (Å²) in [6.07, 6.45) is 6.77. The molecule has 1 aliphatic rings. The van der Waals surface area contributed by atoms with Gasteiger partial charge >= 0.3 is 0 Å². The molecule has 0 aromatic rings. The highest BCUT2D eigenvalue weighted by molar-refractivity contribution is 4.87. The average molecular weight is 297 g/mol. The average Bonchev–Trinajstić information content (AvgIpc) is 2.42. The minimum atomic E-state index is 0.671. The maximum atomic E-state index is 3.97. The van der Waals surface area contributed by atoms with Gasteiger partial charge in [-0.1, -0.05) is 53.9 Å². The van der Waals surface area contributed by atoms with Crippen molar-refractivity contribution >= 4 is 0 Å². The van der Waals surface area contributed by atoms with Gasteiger partial charge in [-0.05, 0) is 50.6 Å². The quantitative estimate of drug-likeness (QED) is 0.714. The Kier molecular flexibility index (Phi) is 8.26. The molecule has 0 heterocycles. The SMILES string of the molecule is CCC(CC)C(CNC1CC(C)CCC1C(C)C)N(C)C. The van der Waals surface area contributed by atoms with Crippen LogP contribution in [0.5, 0.6) is 0 Å². The van der Waals surface area contributed by atoms with Gasteiger partial charge in [0.05, 0.1) is 0 Å². The van der Waals surface area contributed by atoms with Gasteiger partial charge in [-0.15, -0.1) is 0 Å². The van der Waals surface area contributed by atoms with E-state index in [0.717, 1.165) is 36.3 Å². The summed E-state index contributed by atoms with van der Waals surface area (Å²) < 4.78 is 0. The van der Waals surface area contributed by atoms with Crippen LogP contribution in [0.4, 0.5) is 0 Å². The molecule has 21 heavy (non-hydrogen) atoms. The van der Waals surface area contributed by atoms with E-state index in [1.807, 2.05) is 0 Å². The Morgan fingerprint density at radius 2 is 1.71 bits per heavy atom. The van der Waals surface area contributed by atoms with E-state index in [1.165, 1.54) is 32.1 Å². The molecule has 1 rings (SSSR count). The van der Waals surface area contributed by atoms with Gasteiger partial charge in [0.15, 0.2) is 0 Å².